The van der Waals surface area contributed by atoms with Crippen molar-refractivity contribution in [3.63, 3.8) is 0 Å². The van der Waals surface area contributed by atoms with Gasteiger partial charge in [-0.05, 0) is 31.4 Å². The minimum Gasteiger partial charge on any atom is -0.459 e. The normalized spacial score (nSPS) is 12.2. The molecule has 0 aliphatic rings. The summed E-state index contributed by atoms with van der Waals surface area (Å²) in [7, 11) is 0. The first-order chi connectivity index (χ1) is 12.6. The van der Waals surface area contributed by atoms with E-state index in [1.807, 2.05) is 0 Å². The van der Waals surface area contributed by atoms with Crippen LogP contribution in [0.2, 0.25) is 0 Å². The fourth-order valence-electron chi connectivity index (χ4n) is 3.07. The van der Waals surface area contributed by atoms with Crippen LogP contribution in [-0.2, 0) is 4.74 Å². The number of esters is 1. The van der Waals surface area contributed by atoms with Crippen LogP contribution in [0.3, 0.4) is 0 Å². The number of unbranched alkanes of at least 4 members (excludes halogenated alkanes) is 8. The molecule has 2 nitrogen and oxygen atoms in total. The second-order valence-electron chi connectivity index (χ2n) is 7.06. The average molecular weight is 369 g/mol. The smallest absolute Gasteiger partial charge is 0.341 e. The van der Waals surface area contributed by atoms with Crippen LogP contribution in [0.25, 0.3) is 0 Å². The lowest BCUT2D eigenvalue weighted by Gasteiger charge is -2.18. The Morgan fingerprint density at radius 3 is 2.08 bits per heavy atom. The molecule has 1 rings (SSSR count). The van der Waals surface area contributed by atoms with Crippen LogP contribution < -0.4 is 0 Å². The van der Waals surface area contributed by atoms with Gasteiger partial charge in [-0.1, -0.05) is 71.6 Å². The SMILES string of the molecule is CCCCCCCCCCC(CCCC)OC(=O)c1ccc(F)cc1F. The fraction of sp³-hybridized carbons (Fsp3) is 0.682. The molecule has 0 aliphatic heterocycles. The number of carbonyl (C=O) groups excluding carboxylic acids is 1. The van der Waals surface area contributed by atoms with Crippen LogP contribution in [0.15, 0.2) is 18.2 Å². The maximum absolute atomic E-state index is 13.7. The van der Waals surface area contributed by atoms with Crippen LogP contribution in [0.5, 0.6) is 0 Å². The molecule has 1 atom stereocenters. The Morgan fingerprint density at radius 1 is 0.885 bits per heavy atom. The van der Waals surface area contributed by atoms with E-state index in [0.29, 0.717) is 0 Å². The first-order valence-electron chi connectivity index (χ1n) is 10.2. The molecule has 0 N–H and O–H groups in total. The van der Waals surface area contributed by atoms with Crippen molar-refractivity contribution in [2.75, 3.05) is 0 Å². The number of hydrogen-bond donors (Lipinski definition) is 0. The monoisotopic (exact) mass is 368 g/mol. The molecule has 1 unspecified atom stereocenters. The van der Waals surface area contributed by atoms with Crippen LogP contribution in [0.1, 0.15) is 101 Å². The molecular formula is C22H34F2O2. The van der Waals surface area contributed by atoms with E-state index < -0.39 is 17.6 Å². The molecule has 0 aromatic heterocycles. The Hall–Kier alpha value is -1.45. The third kappa shape index (κ3) is 9.30. The van der Waals surface area contributed by atoms with Gasteiger partial charge in [0.1, 0.15) is 17.7 Å². The Bertz CT molecular complexity index is 517. The molecule has 0 fully saturated rings. The van der Waals surface area contributed by atoms with Crippen LogP contribution >= 0.6 is 0 Å². The minimum absolute atomic E-state index is 0.188. The fourth-order valence-corrected chi connectivity index (χ4v) is 3.07. The van der Waals surface area contributed by atoms with Gasteiger partial charge in [-0.3, -0.25) is 0 Å². The van der Waals surface area contributed by atoms with E-state index in [0.717, 1.165) is 56.7 Å². The van der Waals surface area contributed by atoms with Gasteiger partial charge in [0.25, 0.3) is 0 Å². The summed E-state index contributed by atoms with van der Waals surface area (Å²) in [5.74, 6) is -2.25. The lowest BCUT2D eigenvalue weighted by atomic mass is 10.0. The Balaban J connectivity index is 2.39. The van der Waals surface area contributed by atoms with E-state index in [4.69, 9.17) is 4.74 Å². The van der Waals surface area contributed by atoms with Crippen molar-refractivity contribution in [1.82, 2.24) is 0 Å². The van der Waals surface area contributed by atoms with Crippen molar-refractivity contribution >= 4 is 5.97 Å². The van der Waals surface area contributed by atoms with Gasteiger partial charge in [-0.2, -0.15) is 0 Å². The van der Waals surface area contributed by atoms with Gasteiger partial charge in [0.15, 0.2) is 0 Å². The average Bonchev–Trinajstić information content (AvgIpc) is 2.61. The van der Waals surface area contributed by atoms with Gasteiger partial charge >= 0.3 is 5.97 Å². The molecule has 0 saturated carbocycles. The van der Waals surface area contributed by atoms with Crippen molar-refractivity contribution < 1.29 is 18.3 Å². The molecule has 0 aliphatic carbocycles. The largest absolute Gasteiger partial charge is 0.459 e. The standard InChI is InChI=1S/C22H34F2O2/c1-3-5-7-8-9-10-11-12-14-19(13-6-4-2)26-22(25)20-16-15-18(23)17-21(20)24/h15-17,19H,3-14H2,1-2H3. The summed E-state index contributed by atoms with van der Waals surface area (Å²) >= 11 is 0. The Kier molecular flexibility index (Phi) is 11.9. The van der Waals surface area contributed by atoms with Crippen molar-refractivity contribution in [3.05, 3.63) is 35.4 Å². The molecule has 0 spiro atoms. The van der Waals surface area contributed by atoms with Gasteiger partial charge < -0.3 is 4.74 Å². The van der Waals surface area contributed by atoms with Crippen molar-refractivity contribution in [2.24, 2.45) is 0 Å². The predicted molar refractivity (Wildman–Crippen MR) is 102 cm³/mol. The summed E-state index contributed by atoms with van der Waals surface area (Å²) in [5.41, 5.74) is -0.191. The third-order valence-corrected chi connectivity index (χ3v) is 4.68. The molecule has 0 bridgehead atoms. The highest BCUT2D eigenvalue weighted by Crippen LogP contribution is 2.18. The Labute approximate surface area is 157 Å². The molecule has 26 heavy (non-hydrogen) atoms. The molecule has 4 heteroatoms. The zero-order valence-electron chi connectivity index (χ0n) is 16.4. The third-order valence-electron chi connectivity index (χ3n) is 4.68. The topological polar surface area (TPSA) is 26.3 Å². The van der Waals surface area contributed by atoms with E-state index >= 15 is 0 Å². The quantitative estimate of drug-likeness (QED) is 0.256. The summed E-state index contributed by atoms with van der Waals surface area (Å²) in [6, 6.07) is 2.95. The van der Waals surface area contributed by atoms with Gasteiger partial charge in [0, 0.05) is 6.07 Å². The first-order valence-corrected chi connectivity index (χ1v) is 10.2. The summed E-state index contributed by atoms with van der Waals surface area (Å²) in [6.07, 6.45) is 13.2. The maximum atomic E-state index is 13.7. The number of halogens is 2. The van der Waals surface area contributed by atoms with Gasteiger partial charge in [-0.25, -0.2) is 13.6 Å². The molecule has 1 aromatic carbocycles. The predicted octanol–water partition coefficient (Wildman–Crippen LogP) is 7.21. The number of benzene rings is 1. The van der Waals surface area contributed by atoms with Gasteiger partial charge in [-0.15, -0.1) is 0 Å². The molecule has 0 amide bonds. The number of rotatable bonds is 14. The summed E-state index contributed by atoms with van der Waals surface area (Å²) in [6.45, 7) is 4.31. The minimum atomic E-state index is -0.865. The Morgan fingerprint density at radius 2 is 1.46 bits per heavy atom. The van der Waals surface area contributed by atoms with Gasteiger partial charge in [0.05, 0.1) is 5.56 Å². The highest BCUT2D eigenvalue weighted by atomic mass is 19.1. The van der Waals surface area contributed by atoms with E-state index in [2.05, 4.69) is 13.8 Å². The second kappa shape index (κ2) is 13.7. The maximum Gasteiger partial charge on any atom is 0.341 e. The second-order valence-corrected chi connectivity index (χ2v) is 7.06. The summed E-state index contributed by atoms with van der Waals surface area (Å²) < 4.78 is 32.2. The lowest BCUT2D eigenvalue weighted by molar-refractivity contribution is 0.0245. The van der Waals surface area contributed by atoms with E-state index in [1.165, 1.54) is 38.5 Å². The zero-order valence-corrected chi connectivity index (χ0v) is 16.4. The van der Waals surface area contributed by atoms with E-state index in [1.54, 1.807) is 0 Å². The zero-order chi connectivity index (χ0) is 19.2. The number of hydrogen-bond acceptors (Lipinski definition) is 2. The molecule has 0 saturated heterocycles. The number of carbonyl (C=O) groups is 1. The van der Waals surface area contributed by atoms with Crippen LogP contribution in [0, 0.1) is 11.6 Å². The molecule has 0 radical (unpaired) electrons. The molecule has 0 heterocycles. The van der Waals surface area contributed by atoms with Crippen LogP contribution in [0.4, 0.5) is 8.78 Å². The summed E-state index contributed by atoms with van der Waals surface area (Å²) in [5, 5.41) is 0. The molecule has 1 aromatic rings. The molecular weight excluding hydrogens is 334 g/mol. The lowest BCUT2D eigenvalue weighted by Crippen LogP contribution is -2.19. The van der Waals surface area contributed by atoms with Crippen molar-refractivity contribution in [2.45, 2.75) is 97.0 Å². The van der Waals surface area contributed by atoms with E-state index in [9.17, 15) is 13.6 Å². The summed E-state index contributed by atoms with van der Waals surface area (Å²) in [4.78, 5) is 12.2. The van der Waals surface area contributed by atoms with Gasteiger partial charge in [0.2, 0.25) is 0 Å². The first kappa shape index (κ1) is 22.6. The highest BCUT2D eigenvalue weighted by molar-refractivity contribution is 5.89. The van der Waals surface area contributed by atoms with Crippen molar-refractivity contribution in [1.29, 1.82) is 0 Å². The van der Waals surface area contributed by atoms with E-state index in [-0.39, 0.29) is 11.7 Å². The van der Waals surface area contributed by atoms with Crippen LogP contribution in [-0.4, -0.2) is 12.1 Å². The number of ether oxygens (including phenoxy) is 1. The van der Waals surface area contributed by atoms with Crippen molar-refractivity contribution in [3.8, 4) is 0 Å². The molecule has 148 valence electrons. The highest BCUT2D eigenvalue weighted by Gasteiger charge is 2.19.